The summed E-state index contributed by atoms with van der Waals surface area (Å²) in [6, 6.07) is 18.2. The van der Waals surface area contributed by atoms with Gasteiger partial charge in [-0.05, 0) is 36.1 Å². The van der Waals surface area contributed by atoms with Gasteiger partial charge in [-0.25, -0.2) is 0 Å². The second-order valence-electron chi connectivity index (χ2n) is 6.08. The highest BCUT2D eigenvalue weighted by Gasteiger charge is 2.40. The molecule has 3 heteroatoms. The summed E-state index contributed by atoms with van der Waals surface area (Å²) in [7, 11) is 0. The fourth-order valence-electron chi connectivity index (χ4n) is 3.40. The lowest BCUT2D eigenvalue weighted by molar-refractivity contribution is 0.0192. The third-order valence-electron chi connectivity index (χ3n) is 4.68. The standard InChI is InChI=1S/C19H22ClNO/c20-17-11-9-15(10-12-17)14-21-19(13-5-4-8-18(19)22)16-6-2-1-3-7-16/h1-3,6-7,9-12,18,21-22H,4-5,8,13-14H2. The minimum atomic E-state index is -0.351. The normalized spacial score (nSPS) is 25.1. The zero-order chi connectivity index (χ0) is 15.4. The fraction of sp³-hybridized carbons (Fsp3) is 0.368. The molecule has 0 heterocycles. The van der Waals surface area contributed by atoms with Gasteiger partial charge < -0.3 is 10.4 Å². The Morgan fingerprint density at radius 3 is 2.45 bits per heavy atom. The van der Waals surface area contributed by atoms with Gasteiger partial charge in [0.2, 0.25) is 0 Å². The number of rotatable bonds is 4. The summed E-state index contributed by atoms with van der Waals surface area (Å²) in [5.74, 6) is 0. The highest BCUT2D eigenvalue weighted by atomic mass is 35.5. The van der Waals surface area contributed by atoms with Crippen molar-refractivity contribution in [2.75, 3.05) is 0 Å². The van der Waals surface area contributed by atoms with Crippen molar-refractivity contribution in [2.24, 2.45) is 0 Å². The van der Waals surface area contributed by atoms with Crippen molar-refractivity contribution in [3.05, 3.63) is 70.7 Å². The molecule has 0 aromatic heterocycles. The third-order valence-corrected chi connectivity index (χ3v) is 4.93. The predicted molar refractivity (Wildman–Crippen MR) is 90.9 cm³/mol. The van der Waals surface area contributed by atoms with Crippen LogP contribution < -0.4 is 5.32 Å². The molecule has 1 aliphatic carbocycles. The van der Waals surface area contributed by atoms with Gasteiger partial charge in [0.05, 0.1) is 11.6 Å². The molecule has 116 valence electrons. The minimum Gasteiger partial charge on any atom is -0.391 e. The number of hydrogen-bond donors (Lipinski definition) is 2. The van der Waals surface area contributed by atoms with Crippen LogP contribution in [0.1, 0.15) is 36.8 Å². The number of nitrogens with one attached hydrogen (secondary N) is 1. The van der Waals surface area contributed by atoms with Gasteiger partial charge in [-0.15, -0.1) is 0 Å². The Bertz CT molecular complexity index is 599. The van der Waals surface area contributed by atoms with Crippen LogP contribution in [0.2, 0.25) is 5.02 Å². The summed E-state index contributed by atoms with van der Waals surface area (Å²) in [4.78, 5) is 0. The number of benzene rings is 2. The van der Waals surface area contributed by atoms with E-state index < -0.39 is 0 Å². The van der Waals surface area contributed by atoms with Crippen LogP contribution in [0, 0.1) is 0 Å². The quantitative estimate of drug-likeness (QED) is 0.883. The highest BCUT2D eigenvalue weighted by molar-refractivity contribution is 6.30. The van der Waals surface area contributed by atoms with Crippen LogP contribution in [0.5, 0.6) is 0 Å². The van der Waals surface area contributed by atoms with E-state index in [1.54, 1.807) is 0 Å². The zero-order valence-electron chi connectivity index (χ0n) is 12.6. The van der Waals surface area contributed by atoms with E-state index in [9.17, 15) is 5.11 Å². The van der Waals surface area contributed by atoms with Crippen molar-refractivity contribution >= 4 is 11.6 Å². The summed E-state index contributed by atoms with van der Waals surface area (Å²) in [6.45, 7) is 0.725. The van der Waals surface area contributed by atoms with Gasteiger partial charge in [-0.1, -0.05) is 66.9 Å². The van der Waals surface area contributed by atoms with Gasteiger partial charge in [0.1, 0.15) is 0 Å². The van der Waals surface area contributed by atoms with Crippen LogP contribution in [0.3, 0.4) is 0 Å². The molecule has 2 aromatic carbocycles. The fourth-order valence-corrected chi connectivity index (χ4v) is 3.52. The smallest absolute Gasteiger partial charge is 0.0763 e. The largest absolute Gasteiger partial charge is 0.391 e. The molecule has 0 spiro atoms. The van der Waals surface area contributed by atoms with Crippen LogP contribution in [0.15, 0.2) is 54.6 Å². The maximum atomic E-state index is 10.7. The zero-order valence-corrected chi connectivity index (χ0v) is 13.4. The molecule has 2 aromatic rings. The maximum Gasteiger partial charge on any atom is 0.0763 e. The molecule has 0 saturated heterocycles. The van der Waals surface area contributed by atoms with Gasteiger partial charge in [0, 0.05) is 11.6 Å². The van der Waals surface area contributed by atoms with E-state index in [1.165, 1.54) is 11.1 Å². The van der Waals surface area contributed by atoms with Crippen molar-refractivity contribution in [3.63, 3.8) is 0 Å². The second-order valence-corrected chi connectivity index (χ2v) is 6.52. The predicted octanol–water partition coefficient (Wildman–Crippen LogP) is 4.26. The van der Waals surface area contributed by atoms with Crippen LogP contribution in [-0.4, -0.2) is 11.2 Å². The van der Waals surface area contributed by atoms with E-state index in [0.29, 0.717) is 0 Å². The molecule has 2 atom stereocenters. The molecule has 2 unspecified atom stereocenters. The Morgan fingerprint density at radius 2 is 1.77 bits per heavy atom. The Labute approximate surface area is 137 Å². The van der Waals surface area contributed by atoms with Crippen LogP contribution in [0.25, 0.3) is 0 Å². The molecule has 0 amide bonds. The Hall–Kier alpha value is -1.35. The molecular formula is C19H22ClNO. The maximum absolute atomic E-state index is 10.7. The van der Waals surface area contributed by atoms with E-state index in [1.807, 2.05) is 42.5 Å². The van der Waals surface area contributed by atoms with E-state index in [0.717, 1.165) is 37.3 Å². The monoisotopic (exact) mass is 315 g/mol. The van der Waals surface area contributed by atoms with E-state index >= 15 is 0 Å². The van der Waals surface area contributed by atoms with Crippen molar-refractivity contribution in [2.45, 2.75) is 43.9 Å². The number of aliphatic hydroxyl groups excluding tert-OH is 1. The summed E-state index contributed by atoms with van der Waals surface area (Å²) < 4.78 is 0. The molecule has 2 N–H and O–H groups in total. The van der Waals surface area contributed by atoms with E-state index in [4.69, 9.17) is 11.6 Å². The molecule has 1 fully saturated rings. The van der Waals surface area contributed by atoms with Gasteiger partial charge >= 0.3 is 0 Å². The summed E-state index contributed by atoms with van der Waals surface area (Å²) >= 11 is 5.95. The molecule has 1 aliphatic rings. The van der Waals surface area contributed by atoms with Crippen molar-refractivity contribution in [3.8, 4) is 0 Å². The molecule has 1 saturated carbocycles. The molecule has 2 nitrogen and oxygen atoms in total. The number of halogens is 1. The number of aliphatic hydroxyl groups is 1. The van der Waals surface area contributed by atoms with Crippen LogP contribution in [0.4, 0.5) is 0 Å². The second kappa shape index (κ2) is 6.82. The third kappa shape index (κ3) is 3.19. The lowest BCUT2D eigenvalue weighted by Gasteiger charge is -2.43. The van der Waals surface area contributed by atoms with E-state index in [-0.39, 0.29) is 11.6 Å². The van der Waals surface area contributed by atoms with E-state index in [2.05, 4.69) is 17.4 Å². The first-order chi connectivity index (χ1) is 10.7. The molecule has 3 rings (SSSR count). The first-order valence-corrected chi connectivity index (χ1v) is 8.31. The van der Waals surface area contributed by atoms with Crippen molar-refractivity contribution in [1.82, 2.24) is 5.32 Å². The minimum absolute atomic E-state index is 0.348. The lowest BCUT2D eigenvalue weighted by atomic mass is 9.74. The van der Waals surface area contributed by atoms with Gasteiger partial charge in [0.25, 0.3) is 0 Å². The number of hydrogen-bond acceptors (Lipinski definition) is 2. The molecule has 0 aliphatic heterocycles. The molecular weight excluding hydrogens is 294 g/mol. The molecule has 0 radical (unpaired) electrons. The van der Waals surface area contributed by atoms with Gasteiger partial charge in [-0.2, -0.15) is 0 Å². The average molecular weight is 316 g/mol. The molecule has 22 heavy (non-hydrogen) atoms. The first kappa shape index (κ1) is 15.5. The highest BCUT2D eigenvalue weighted by Crippen LogP contribution is 2.37. The summed E-state index contributed by atoms with van der Waals surface area (Å²) in [6.07, 6.45) is 3.70. The van der Waals surface area contributed by atoms with Crippen LogP contribution >= 0.6 is 11.6 Å². The summed E-state index contributed by atoms with van der Waals surface area (Å²) in [5.41, 5.74) is 2.01. The Kier molecular flexibility index (Phi) is 4.82. The SMILES string of the molecule is OC1CCCCC1(NCc1ccc(Cl)cc1)c1ccccc1. The lowest BCUT2D eigenvalue weighted by Crippen LogP contribution is -2.53. The molecule has 0 bridgehead atoms. The topological polar surface area (TPSA) is 32.3 Å². The average Bonchev–Trinajstić information content (AvgIpc) is 2.57. The van der Waals surface area contributed by atoms with Crippen LogP contribution in [-0.2, 0) is 12.1 Å². The van der Waals surface area contributed by atoms with Gasteiger partial charge in [-0.3, -0.25) is 0 Å². The Morgan fingerprint density at radius 1 is 1.05 bits per heavy atom. The summed E-state index contributed by atoms with van der Waals surface area (Å²) in [5, 5.41) is 15.1. The van der Waals surface area contributed by atoms with Crippen molar-refractivity contribution < 1.29 is 5.11 Å². The Balaban J connectivity index is 1.84. The first-order valence-electron chi connectivity index (χ1n) is 7.94. The van der Waals surface area contributed by atoms with Crippen molar-refractivity contribution in [1.29, 1.82) is 0 Å². The van der Waals surface area contributed by atoms with Gasteiger partial charge in [0.15, 0.2) is 0 Å².